The Morgan fingerprint density at radius 1 is 1.15 bits per heavy atom. The molecule has 0 aliphatic carbocycles. The maximum atomic E-state index is 12.1. The zero-order valence-electron chi connectivity index (χ0n) is 9.39. The van der Waals surface area contributed by atoms with E-state index in [0.29, 0.717) is 0 Å². The summed E-state index contributed by atoms with van der Waals surface area (Å²) in [7, 11) is -4.05. The van der Waals surface area contributed by atoms with Gasteiger partial charge in [0.05, 0.1) is 0 Å². The van der Waals surface area contributed by atoms with Crippen molar-refractivity contribution >= 4 is 50.5 Å². The Labute approximate surface area is 128 Å². The molecule has 0 spiro atoms. The fourth-order valence-electron chi connectivity index (χ4n) is 1.21. The van der Waals surface area contributed by atoms with E-state index in [1.807, 2.05) is 0 Å². The lowest BCUT2D eigenvalue weighted by Crippen LogP contribution is -2.17. The molecule has 0 aliphatic rings. The molecule has 2 aromatic rings. The van der Waals surface area contributed by atoms with Crippen LogP contribution in [0.4, 0.5) is 5.69 Å². The molecule has 0 fully saturated rings. The molecule has 7 nitrogen and oxygen atoms in total. The number of nitrogens with zero attached hydrogens (tertiary/aromatic N) is 2. The van der Waals surface area contributed by atoms with Gasteiger partial charge in [0, 0.05) is 6.20 Å². The molecule has 0 bridgehead atoms. The topological polar surface area (TPSA) is 105 Å². The molecule has 2 N–H and O–H groups in total. The summed E-state index contributed by atoms with van der Waals surface area (Å²) in [5, 5.41) is -0.595. The van der Waals surface area contributed by atoms with Crippen LogP contribution in [0.2, 0.25) is 15.3 Å². The minimum atomic E-state index is -4.05. The van der Waals surface area contributed by atoms with Gasteiger partial charge in [0.25, 0.3) is 15.6 Å². The summed E-state index contributed by atoms with van der Waals surface area (Å²) in [5.41, 5.74) is -0.775. The molecule has 0 saturated carbocycles. The van der Waals surface area contributed by atoms with E-state index in [1.54, 1.807) is 0 Å². The third-order valence-corrected chi connectivity index (χ3v) is 4.32. The molecule has 0 radical (unpaired) electrons. The highest BCUT2D eigenvalue weighted by molar-refractivity contribution is 7.92. The second kappa shape index (κ2) is 5.57. The maximum absolute atomic E-state index is 12.1. The second-order valence-electron chi connectivity index (χ2n) is 3.45. The minimum absolute atomic E-state index is 0.163. The van der Waals surface area contributed by atoms with E-state index in [1.165, 1.54) is 0 Å². The third kappa shape index (κ3) is 3.04. The molecule has 0 atom stereocenters. The van der Waals surface area contributed by atoms with Gasteiger partial charge in [-0.2, -0.15) is 0 Å². The van der Waals surface area contributed by atoms with Gasteiger partial charge < -0.3 is 4.98 Å². The number of hydrogen-bond donors (Lipinski definition) is 2. The Morgan fingerprint density at radius 3 is 2.30 bits per heavy atom. The summed E-state index contributed by atoms with van der Waals surface area (Å²) in [4.78, 5) is 20.2. The average molecular weight is 356 g/mol. The van der Waals surface area contributed by atoms with Gasteiger partial charge in [-0.1, -0.05) is 34.8 Å². The number of sulfonamides is 1. The van der Waals surface area contributed by atoms with Crippen LogP contribution in [0.25, 0.3) is 0 Å². The Bertz CT molecular complexity index is 801. The normalized spacial score (nSPS) is 11.3. The maximum Gasteiger partial charge on any atom is 0.266 e. The van der Waals surface area contributed by atoms with Crippen LogP contribution in [0, 0.1) is 0 Å². The molecule has 0 aliphatic heterocycles. The van der Waals surface area contributed by atoms with E-state index < -0.39 is 15.6 Å². The lowest BCUT2D eigenvalue weighted by atomic mass is 10.5. The van der Waals surface area contributed by atoms with Crippen LogP contribution in [0.3, 0.4) is 0 Å². The lowest BCUT2D eigenvalue weighted by molar-refractivity contribution is 0.600. The SMILES string of the molecule is O=c1[nH]cc(S(=O)(=O)Nc2c(Cl)ncnc2Cl)cc1Cl. The van der Waals surface area contributed by atoms with Crippen LogP contribution in [0.15, 0.2) is 28.3 Å². The number of aromatic nitrogens is 3. The number of halogens is 3. The van der Waals surface area contributed by atoms with Gasteiger partial charge in [-0.15, -0.1) is 0 Å². The number of anilines is 1. The number of hydrogen-bond acceptors (Lipinski definition) is 5. The van der Waals surface area contributed by atoms with Crippen LogP contribution in [0.5, 0.6) is 0 Å². The van der Waals surface area contributed by atoms with Crippen molar-refractivity contribution in [3.63, 3.8) is 0 Å². The number of pyridine rings is 1. The van der Waals surface area contributed by atoms with Crippen LogP contribution in [-0.2, 0) is 10.0 Å². The molecule has 0 aromatic carbocycles. The van der Waals surface area contributed by atoms with Gasteiger partial charge in [0.1, 0.15) is 21.9 Å². The van der Waals surface area contributed by atoms with Crippen LogP contribution >= 0.6 is 34.8 Å². The van der Waals surface area contributed by atoms with Crippen molar-refractivity contribution in [2.75, 3.05) is 4.72 Å². The van der Waals surface area contributed by atoms with Crippen molar-refractivity contribution in [3.8, 4) is 0 Å². The Kier molecular flexibility index (Phi) is 4.19. The summed E-state index contributed by atoms with van der Waals surface area (Å²) in [5.74, 6) is 0. The average Bonchev–Trinajstić information content (AvgIpc) is 2.37. The molecular weight excluding hydrogens is 351 g/mol. The predicted octanol–water partition coefficient (Wildman–Crippen LogP) is 1.93. The van der Waals surface area contributed by atoms with Gasteiger partial charge in [0.2, 0.25) is 0 Å². The predicted molar refractivity (Wildman–Crippen MR) is 74.9 cm³/mol. The zero-order chi connectivity index (χ0) is 14.9. The van der Waals surface area contributed by atoms with E-state index in [2.05, 4.69) is 19.7 Å². The highest BCUT2D eigenvalue weighted by Gasteiger charge is 2.20. The molecular formula is C9H5Cl3N4O3S. The Morgan fingerprint density at radius 2 is 1.75 bits per heavy atom. The van der Waals surface area contributed by atoms with Crippen LogP contribution in [0.1, 0.15) is 0 Å². The number of rotatable bonds is 3. The quantitative estimate of drug-likeness (QED) is 0.818. The molecule has 2 aromatic heterocycles. The van der Waals surface area contributed by atoms with Crippen molar-refractivity contribution in [1.82, 2.24) is 15.0 Å². The standard InChI is InChI=1S/C9H5Cl3N4O3S/c10-5-1-4(2-13-9(5)17)20(18,19)16-6-7(11)14-3-15-8(6)12/h1-3,16H,(H,13,17). The van der Waals surface area contributed by atoms with Gasteiger partial charge >= 0.3 is 0 Å². The van der Waals surface area contributed by atoms with E-state index >= 15 is 0 Å². The van der Waals surface area contributed by atoms with E-state index in [-0.39, 0.29) is 25.9 Å². The van der Waals surface area contributed by atoms with Crippen LogP contribution < -0.4 is 10.3 Å². The first-order chi connectivity index (χ1) is 9.31. The molecule has 11 heteroatoms. The van der Waals surface area contributed by atoms with Gasteiger partial charge in [-0.3, -0.25) is 9.52 Å². The molecule has 0 saturated heterocycles. The van der Waals surface area contributed by atoms with Crippen molar-refractivity contribution in [1.29, 1.82) is 0 Å². The molecule has 0 amide bonds. The number of nitrogens with one attached hydrogen (secondary N) is 2. The van der Waals surface area contributed by atoms with Crippen molar-refractivity contribution in [3.05, 3.63) is 44.3 Å². The molecule has 20 heavy (non-hydrogen) atoms. The first kappa shape index (κ1) is 15.0. The largest absolute Gasteiger partial charge is 0.326 e. The summed E-state index contributed by atoms with van der Waals surface area (Å²) < 4.78 is 26.3. The number of aromatic amines is 1. The summed E-state index contributed by atoms with van der Waals surface area (Å²) in [6, 6.07) is 0.994. The fraction of sp³-hybridized carbons (Fsp3) is 0. The molecule has 2 heterocycles. The lowest BCUT2D eigenvalue weighted by Gasteiger charge is -2.09. The van der Waals surface area contributed by atoms with Gasteiger partial charge in [-0.25, -0.2) is 18.4 Å². The number of H-pyrrole nitrogens is 1. The van der Waals surface area contributed by atoms with Crippen molar-refractivity contribution in [2.45, 2.75) is 4.90 Å². The minimum Gasteiger partial charge on any atom is -0.326 e. The van der Waals surface area contributed by atoms with Crippen molar-refractivity contribution in [2.24, 2.45) is 0 Å². The van der Waals surface area contributed by atoms with Crippen LogP contribution in [-0.4, -0.2) is 23.4 Å². The molecule has 2 rings (SSSR count). The highest BCUT2D eigenvalue weighted by atomic mass is 35.5. The Hall–Kier alpha value is -1.35. The third-order valence-electron chi connectivity index (χ3n) is 2.13. The molecule has 106 valence electrons. The van der Waals surface area contributed by atoms with E-state index in [9.17, 15) is 13.2 Å². The van der Waals surface area contributed by atoms with E-state index in [4.69, 9.17) is 34.8 Å². The summed E-state index contributed by atoms with van der Waals surface area (Å²) in [6.45, 7) is 0. The van der Waals surface area contributed by atoms with Crippen molar-refractivity contribution < 1.29 is 8.42 Å². The first-order valence-corrected chi connectivity index (χ1v) is 7.50. The summed E-state index contributed by atoms with van der Waals surface area (Å²) >= 11 is 17.0. The fourth-order valence-corrected chi connectivity index (χ4v) is 3.04. The van der Waals surface area contributed by atoms with Gasteiger partial charge in [-0.05, 0) is 6.07 Å². The molecule has 0 unspecified atom stereocenters. The smallest absolute Gasteiger partial charge is 0.266 e. The monoisotopic (exact) mass is 354 g/mol. The highest BCUT2D eigenvalue weighted by Crippen LogP contribution is 2.28. The zero-order valence-corrected chi connectivity index (χ0v) is 12.5. The van der Waals surface area contributed by atoms with Gasteiger partial charge in [0.15, 0.2) is 10.3 Å². The van der Waals surface area contributed by atoms with E-state index in [0.717, 1.165) is 18.6 Å². The summed E-state index contributed by atoms with van der Waals surface area (Å²) in [6.07, 6.45) is 2.07. The first-order valence-electron chi connectivity index (χ1n) is 4.88. The second-order valence-corrected chi connectivity index (χ2v) is 6.25. The Balaban J connectivity index is 2.46.